The molecule has 1 aliphatic rings. The quantitative estimate of drug-likeness (QED) is 0.705. The molecule has 1 unspecified atom stereocenters. The normalized spacial score (nSPS) is 16.4. The molecule has 8 heteroatoms. The average Bonchev–Trinajstić information content (AvgIpc) is 3.36. The Morgan fingerprint density at radius 2 is 2.11 bits per heavy atom. The molecule has 8 nitrogen and oxygen atoms in total. The molecule has 27 heavy (non-hydrogen) atoms. The van der Waals surface area contributed by atoms with Gasteiger partial charge in [0.05, 0.1) is 11.4 Å². The van der Waals surface area contributed by atoms with Crippen molar-refractivity contribution in [3.05, 3.63) is 65.3 Å². The summed E-state index contributed by atoms with van der Waals surface area (Å²) < 4.78 is 1.69. The van der Waals surface area contributed by atoms with Gasteiger partial charge in [-0.25, -0.2) is 9.97 Å². The minimum Gasteiger partial charge on any atom is -0.360 e. The van der Waals surface area contributed by atoms with E-state index in [9.17, 15) is 9.59 Å². The first-order chi connectivity index (χ1) is 13.2. The number of hydrogen-bond donors (Lipinski definition) is 2. The zero-order valence-corrected chi connectivity index (χ0v) is 14.7. The lowest BCUT2D eigenvalue weighted by molar-refractivity contribution is -0.122. The highest BCUT2D eigenvalue weighted by molar-refractivity contribution is 5.76. The van der Waals surface area contributed by atoms with Crippen molar-refractivity contribution >= 4 is 11.9 Å². The highest BCUT2D eigenvalue weighted by Crippen LogP contribution is 2.20. The molecule has 138 valence electrons. The predicted octanol–water partition coefficient (Wildman–Crippen LogP) is 1.03. The molecule has 1 amide bonds. The Bertz CT molecular complexity index is 961. The lowest BCUT2D eigenvalue weighted by Crippen LogP contribution is -2.39. The van der Waals surface area contributed by atoms with Gasteiger partial charge in [0.1, 0.15) is 6.54 Å². The summed E-state index contributed by atoms with van der Waals surface area (Å²) in [7, 11) is 0. The van der Waals surface area contributed by atoms with Crippen molar-refractivity contribution in [3.8, 4) is 11.4 Å². The van der Waals surface area contributed by atoms with Crippen LogP contribution in [0.3, 0.4) is 0 Å². The van der Waals surface area contributed by atoms with E-state index in [1.165, 1.54) is 12.1 Å². The molecule has 3 aromatic rings. The third-order valence-corrected chi connectivity index (χ3v) is 4.54. The maximum atomic E-state index is 12.2. The minimum atomic E-state index is -0.0773. The van der Waals surface area contributed by atoms with Crippen molar-refractivity contribution in [2.24, 2.45) is 0 Å². The van der Waals surface area contributed by atoms with Crippen LogP contribution in [0.15, 0.2) is 59.9 Å². The molecule has 1 fully saturated rings. The van der Waals surface area contributed by atoms with Crippen molar-refractivity contribution in [1.29, 1.82) is 0 Å². The van der Waals surface area contributed by atoms with Gasteiger partial charge in [-0.3, -0.25) is 9.59 Å². The Kier molecular flexibility index (Phi) is 4.69. The maximum absolute atomic E-state index is 12.2. The number of nitrogens with zero attached hydrogens (tertiary/aromatic N) is 4. The van der Waals surface area contributed by atoms with Gasteiger partial charge in [-0.2, -0.15) is 0 Å². The molecular formula is C19H20N6O2. The van der Waals surface area contributed by atoms with Crippen LogP contribution in [0, 0.1) is 0 Å². The number of aromatic nitrogens is 4. The fourth-order valence-electron chi connectivity index (χ4n) is 3.19. The number of aromatic amines is 1. The first kappa shape index (κ1) is 17.0. The van der Waals surface area contributed by atoms with Gasteiger partial charge in [-0.1, -0.05) is 0 Å². The second-order valence-corrected chi connectivity index (χ2v) is 6.53. The topological polar surface area (TPSA) is 95.9 Å². The standard InChI is InChI=1S/C19H20N6O2/c26-15-5-9-24(10-6-15)13-18(27)22-14-4-11-25(12-14)19-21-8-3-17(23-19)16-2-1-7-20-16/h1-3,5-10,14,20H,4,11-13H2,(H,22,27). The molecule has 0 aromatic carbocycles. The van der Waals surface area contributed by atoms with Crippen LogP contribution in [0.25, 0.3) is 11.4 Å². The molecule has 1 aliphatic heterocycles. The van der Waals surface area contributed by atoms with E-state index in [1.807, 2.05) is 24.4 Å². The van der Waals surface area contributed by atoms with Crippen LogP contribution in [0.5, 0.6) is 0 Å². The zero-order chi connectivity index (χ0) is 18.6. The Hall–Kier alpha value is -3.42. The van der Waals surface area contributed by atoms with Gasteiger partial charge in [0.2, 0.25) is 11.9 Å². The lowest BCUT2D eigenvalue weighted by Gasteiger charge is -2.17. The number of carbonyl (C=O) groups excluding carboxylic acids is 1. The Balaban J connectivity index is 1.36. The SMILES string of the molecule is O=C(Cn1ccc(=O)cc1)NC1CCN(c2nccc(-c3ccc[nH]3)n2)C1. The number of nitrogens with one attached hydrogen (secondary N) is 2. The van der Waals surface area contributed by atoms with Crippen LogP contribution in [0.4, 0.5) is 5.95 Å². The average molecular weight is 364 g/mol. The van der Waals surface area contributed by atoms with Crippen molar-refractivity contribution in [2.75, 3.05) is 18.0 Å². The van der Waals surface area contributed by atoms with E-state index in [4.69, 9.17) is 0 Å². The Labute approximate surface area is 155 Å². The Morgan fingerprint density at radius 3 is 2.89 bits per heavy atom. The number of carbonyl (C=O) groups is 1. The van der Waals surface area contributed by atoms with Gasteiger partial charge in [0.25, 0.3) is 0 Å². The van der Waals surface area contributed by atoms with E-state index >= 15 is 0 Å². The van der Waals surface area contributed by atoms with E-state index in [0.29, 0.717) is 12.5 Å². The van der Waals surface area contributed by atoms with Crippen LogP contribution in [0.1, 0.15) is 6.42 Å². The molecule has 1 saturated heterocycles. The molecule has 1 atom stereocenters. The van der Waals surface area contributed by atoms with Gasteiger partial charge in [-0.05, 0) is 24.6 Å². The molecule has 4 rings (SSSR count). The predicted molar refractivity (Wildman–Crippen MR) is 101 cm³/mol. The third-order valence-electron chi connectivity index (χ3n) is 4.54. The van der Waals surface area contributed by atoms with Gasteiger partial charge < -0.3 is 19.8 Å². The Morgan fingerprint density at radius 1 is 1.26 bits per heavy atom. The largest absolute Gasteiger partial charge is 0.360 e. The summed E-state index contributed by atoms with van der Waals surface area (Å²) in [5.41, 5.74) is 1.72. The van der Waals surface area contributed by atoms with Crippen molar-refractivity contribution in [1.82, 2.24) is 24.8 Å². The summed E-state index contributed by atoms with van der Waals surface area (Å²) in [6, 6.07) is 8.71. The number of pyridine rings is 1. The van der Waals surface area contributed by atoms with Crippen LogP contribution in [0.2, 0.25) is 0 Å². The van der Waals surface area contributed by atoms with E-state index in [1.54, 1.807) is 23.2 Å². The van der Waals surface area contributed by atoms with Gasteiger partial charge in [0.15, 0.2) is 5.43 Å². The number of H-pyrrole nitrogens is 1. The molecule has 0 aliphatic carbocycles. The first-order valence-corrected chi connectivity index (χ1v) is 8.84. The maximum Gasteiger partial charge on any atom is 0.240 e. The summed E-state index contributed by atoms with van der Waals surface area (Å²) in [4.78, 5) is 37.6. The highest BCUT2D eigenvalue weighted by Gasteiger charge is 2.25. The van der Waals surface area contributed by atoms with Gasteiger partial charge in [-0.15, -0.1) is 0 Å². The number of anilines is 1. The molecule has 0 radical (unpaired) electrons. The van der Waals surface area contributed by atoms with Crippen molar-refractivity contribution in [2.45, 2.75) is 19.0 Å². The lowest BCUT2D eigenvalue weighted by atomic mass is 10.2. The van der Waals surface area contributed by atoms with E-state index in [2.05, 4.69) is 25.2 Å². The molecular weight excluding hydrogens is 344 g/mol. The third kappa shape index (κ3) is 4.05. The zero-order valence-electron chi connectivity index (χ0n) is 14.7. The van der Waals surface area contributed by atoms with Crippen LogP contribution >= 0.6 is 0 Å². The molecule has 3 aromatic heterocycles. The highest BCUT2D eigenvalue weighted by atomic mass is 16.2. The van der Waals surface area contributed by atoms with Crippen molar-refractivity contribution in [3.63, 3.8) is 0 Å². The van der Waals surface area contributed by atoms with Crippen molar-refractivity contribution < 1.29 is 4.79 Å². The fraction of sp³-hybridized carbons (Fsp3) is 0.263. The smallest absolute Gasteiger partial charge is 0.240 e. The first-order valence-electron chi connectivity index (χ1n) is 8.84. The van der Waals surface area contributed by atoms with E-state index in [0.717, 1.165) is 24.4 Å². The molecule has 2 N–H and O–H groups in total. The summed E-state index contributed by atoms with van der Waals surface area (Å²) in [5, 5.41) is 3.04. The summed E-state index contributed by atoms with van der Waals surface area (Å²) >= 11 is 0. The number of rotatable bonds is 5. The van der Waals surface area contributed by atoms with E-state index < -0.39 is 0 Å². The molecule has 0 spiro atoms. The molecule has 0 saturated carbocycles. The molecule has 4 heterocycles. The second kappa shape index (κ2) is 7.45. The second-order valence-electron chi connectivity index (χ2n) is 6.53. The summed E-state index contributed by atoms with van der Waals surface area (Å²) in [6.07, 6.45) is 7.68. The van der Waals surface area contributed by atoms with Gasteiger partial charge >= 0.3 is 0 Å². The summed E-state index contributed by atoms with van der Waals surface area (Å²) in [5.74, 6) is 0.589. The fourth-order valence-corrected chi connectivity index (χ4v) is 3.19. The van der Waals surface area contributed by atoms with E-state index in [-0.39, 0.29) is 23.9 Å². The molecule has 0 bridgehead atoms. The minimum absolute atomic E-state index is 0.0506. The number of hydrogen-bond acceptors (Lipinski definition) is 5. The number of amides is 1. The van der Waals surface area contributed by atoms with Gasteiger partial charge in [0, 0.05) is 56.1 Å². The van der Waals surface area contributed by atoms with Crippen LogP contribution < -0.4 is 15.6 Å². The van der Waals surface area contributed by atoms with Crippen LogP contribution in [-0.4, -0.2) is 44.6 Å². The summed E-state index contributed by atoms with van der Waals surface area (Å²) in [6.45, 7) is 1.65. The van der Waals surface area contributed by atoms with Crippen LogP contribution in [-0.2, 0) is 11.3 Å². The monoisotopic (exact) mass is 364 g/mol.